The normalized spacial score (nSPS) is 16.6. The number of anilines is 2. The Labute approximate surface area is 95.5 Å². The highest BCUT2D eigenvalue weighted by Crippen LogP contribution is 2.45. The number of amides is 1. The fourth-order valence-corrected chi connectivity index (χ4v) is 1.45. The van der Waals surface area contributed by atoms with Crippen LogP contribution in [0.3, 0.4) is 0 Å². The number of pyridine rings is 1. The summed E-state index contributed by atoms with van der Waals surface area (Å²) in [6.07, 6.45) is 3.66. The molecule has 0 saturated heterocycles. The first-order valence-electron chi connectivity index (χ1n) is 5.65. The van der Waals surface area contributed by atoms with Crippen molar-refractivity contribution in [1.82, 2.24) is 4.98 Å². The first-order valence-corrected chi connectivity index (χ1v) is 5.65. The van der Waals surface area contributed by atoms with Crippen molar-refractivity contribution >= 4 is 17.4 Å². The van der Waals surface area contributed by atoms with E-state index in [-0.39, 0.29) is 11.3 Å². The van der Waals surface area contributed by atoms with Gasteiger partial charge in [-0.15, -0.1) is 0 Å². The average Bonchev–Trinajstić information content (AvgIpc) is 3.01. The molecule has 0 atom stereocenters. The summed E-state index contributed by atoms with van der Waals surface area (Å²) in [4.78, 5) is 16.0. The van der Waals surface area contributed by atoms with E-state index in [1.54, 1.807) is 6.20 Å². The van der Waals surface area contributed by atoms with Crippen LogP contribution in [0.25, 0.3) is 0 Å². The zero-order valence-corrected chi connectivity index (χ0v) is 9.71. The molecular weight excluding hydrogens is 202 g/mol. The summed E-state index contributed by atoms with van der Waals surface area (Å²) in [5.41, 5.74) is 0.625. The third-order valence-corrected chi connectivity index (χ3v) is 2.93. The second-order valence-electron chi connectivity index (χ2n) is 4.48. The molecule has 0 bridgehead atoms. The molecule has 0 unspecified atom stereocenters. The van der Waals surface area contributed by atoms with Gasteiger partial charge < -0.3 is 10.6 Å². The molecule has 1 saturated carbocycles. The van der Waals surface area contributed by atoms with E-state index in [0.29, 0.717) is 0 Å². The molecule has 1 heterocycles. The third kappa shape index (κ3) is 2.32. The number of nitrogens with zero attached hydrogens (tertiary/aromatic N) is 1. The summed E-state index contributed by atoms with van der Waals surface area (Å²) in [6, 6.07) is 3.74. The van der Waals surface area contributed by atoms with Crippen LogP contribution in [-0.2, 0) is 4.79 Å². The fourth-order valence-electron chi connectivity index (χ4n) is 1.45. The molecule has 1 amide bonds. The summed E-state index contributed by atoms with van der Waals surface area (Å²) >= 11 is 0. The molecule has 2 N–H and O–H groups in total. The van der Waals surface area contributed by atoms with Crippen LogP contribution in [-0.4, -0.2) is 17.4 Å². The van der Waals surface area contributed by atoms with Crippen LogP contribution in [0.1, 0.15) is 26.7 Å². The van der Waals surface area contributed by atoms with Gasteiger partial charge in [-0.25, -0.2) is 4.98 Å². The number of hydrogen-bond donors (Lipinski definition) is 2. The van der Waals surface area contributed by atoms with Crippen molar-refractivity contribution in [3.63, 3.8) is 0 Å². The molecule has 0 aliphatic heterocycles. The van der Waals surface area contributed by atoms with Crippen molar-refractivity contribution in [1.29, 1.82) is 0 Å². The lowest BCUT2D eigenvalue weighted by Crippen LogP contribution is -2.21. The zero-order valence-electron chi connectivity index (χ0n) is 9.71. The number of nitrogens with one attached hydrogen (secondary N) is 2. The lowest BCUT2D eigenvalue weighted by molar-refractivity contribution is -0.120. The van der Waals surface area contributed by atoms with Crippen molar-refractivity contribution < 1.29 is 4.79 Å². The lowest BCUT2D eigenvalue weighted by Gasteiger charge is -2.10. The minimum atomic E-state index is -0.139. The van der Waals surface area contributed by atoms with E-state index >= 15 is 0 Å². The van der Waals surface area contributed by atoms with Crippen molar-refractivity contribution in [3.8, 4) is 0 Å². The molecule has 4 nitrogen and oxygen atoms in total. The Bertz CT molecular complexity index is 382. The zero-order chi connectivity index (χ0) is 11.6. The molecule has 86 valence electrons. The van der Waals surface area contributed by atoms with Gasteiger partial charge in [-0.2, -0.15) is 0 Å². The quantitative estimate of drug-likeness (QED) is 0.816. The summed E-state index contributed by atoms with van der Waals surface area (Å²) in [5, 5.41) is 5.99. The van der Waals surface area contributed by atoms with Gasteiger partial charge in [-0.3, -0.25) is 4.79 Å². The molecule has 1 aliphatic rings. The summed E-state index contributed by atoms with van der Waals surface area (Å²) in [7, 11) is 0. The van der Waals surface area contributed by atoms with Gasteiger partial charge in [0.25, 0.3) is 0 Å². The predicted molar refractivity (Wildman–Crippen MR) is 64.4 cm³/mol. The van der Waals surface area contributed by atoms with E-state index in [1.807, 2.05) is 26.0 Å². The van der Waals surface area contributed by atoms with Crippen LogP contribution in [0.2, 0.25) is 0 Å². The molecule has 1 aromatic heterocycles. The van der Waals surface area contributed by atoms with Crippen LogP contribution < -0.4 is 10.6 Å². The Kier molecular flexibility index (Phi) is 2.81. The molecule has 0 radical (unpaired) electrons. The molecule has 1 aromatic rings. The molecule has 16 heavy (non-hydrogen) atoms. The standard InChI is InChI=1S/C12H17N3O/c1-3-13-10-5-4-9(8-14-10)15-11(16)12(2)6-7-12/h4-5,8H,3,6-7H2,1-2H3,(H,13,14)(H,15,16). The van der Waals surface area contributed by atoms with E-state index in [0.717, 1.165) is 30.9 Å². The Hall–Kier alpha value is -1.58. The largest absolute Gasteiger partial charge is 0.370 e. The monoisotopic (exact) mass is 219 g/mol. The highest BCUT2D eigenvalue weighted by atomic mass is 16.2. The van der Waals surface area contributed by atoms with Crippen LogP contribution in [0, 0.1) is 5.41 Å². The third-order valence-electron chi connectivity index (χ3n) is 2.93. The van der Waals surface area contributed by atoms with Gasteiger partial charge in [0.05, 0.1) is 11.9 Å². The number of aromatic nitrogens is 1. The van der Waals surface area contributed by atoms with E-state index in [2.05, 4.69) is 15.6 Å². The van der Waals surface area contributed by atoms with Gasteiger partial charge >= 0.3 is 0 Å². The maximum absolute atomic E-state index is 11.8. The summed E-state index contributed by atoms with van der Waals surface area (Å²) < 4.78 is 0. The van der Waals surface area contributed by atoms with E-state index in [1.165, 1.54) is 0 Å². The van der Waals surface area contributed by atoms with E-state index in [9.17, 15) is 4.79 Å². The van der Waals surface area contributed by atoms with Gasteiger partial charge in [0.2, 0.25) is 5.91 Å². The molecule has 4 heteroatoms. The number of carbonyl (C=O) groups is 1. The van der Waals surface area contributed by atoms with E-state index < -0.39 is 0 Å². The second kappa shape index (κ2) is 4.12. The lowest BCUT2D eigenvalue weighted by atomic mass is 10.1. The topological polar surface area (TPSA) is 54.0 Å². The summed E-state index contributed by atoms with van der Waals surface area (Å²) in [6.45, 7) is 4.85. The maximum atomic E-state index is 11.8. The van der Waals surface area contributed by atoms with Gasteiger partial charge in [0.1, 0.15) is 5.82 Å². The van der Waals surface area contributed by atoms with Crippen LogP contribution in [0.15, 0.2) is 18.3 Å². The van der Waals surface area contributed by atoms with E-state index in [4.69, 9.17) is 0 Å². The highest BCUT2D eigenvalue weighted by molar-refractivity contribution is 5.96. The molecule has 0 aromatic carbocycles. The fraction of sp³-hybridized carbons (Fsp3) is 0.500. The Morgan fingerprint density at radius 3 is 2.75 bits per heavy atom. The second-order valence-corrected chi connectivity index (χ2v) is 4.48. The Balaban J connectivity index is 1.97. The van der Waals surface area contributed by atoms with Crippen LogP contribution >= 0.6 is 0 Å². The first kappa shape index (κ1) is 10.9. The first-order chi connectivity index (χ1) is 7.64. The van der Waals surface area contributed by atoms with Gasteiger partial charge in [0.15, 0.2) is 0 Å². The van der Waals surface area contributed by atoms with Crippen molar-refractivity contribution in [2.75, 3.05) is 17.2 Å². The van der Waals surface area contributed by atoms with Gasteiger partial charge in [-0.05, 0) is 31.9 Å². The molecule has 1 aliphatic carbocycles. The molecule has 2 rings (SSSR count). The van der Waals surface area contributed by atoms with Gasteiger partial charge in [0, 0.05) is 12.0 Å². The van der Waals surface area contributed by atoms with Crippen molar-refractivity contribution in [2.24, 2.45) is 5.41 Å². The van der Waals surface area contributed by atoms with Gasteiger partial charge in [-0.1, -0.05) is 6.92 Å². The minimum absolute atomic E-state index is 0.102. The highest BCUT2D eigenvalue weighted by Gasteiger charge is 2.44. The average molecular weight is 219 g/mol. The molecule has 1 fully saturated rings. The Morgan fingerprint density at radius 2 is 2.25 bits per heavy atom. The Morgan fingerprint density at radius 1 is 1.50 bits per heavy atom. The molecular formula is C12H17N3O. The van der Waals surface area contributed by atoms with Crippen molar-refractivity contribution in [3.05, 3.63) is 18.3 Å². The SMILES string of the molecule is CCNc1ccc(NC(=O)C2(C)CC2)cn1. The molecule has 0 spiro atoms. The number of hydrogen-bond acceptors (Lipinski definition) is 3. The summed E-state index contributed by atoms with van der Waals surface area (Å²) in [5.74, 6) is 0.934. The minimum Gasteiger partial charge on any atom is -0.370 e. The number of carbonyl (C=O) groups excluding carboxylic acids is 1. The smallest absolute Gasteiger partial charge is 0.230 e. The van der Waals surface area contributed by atoms with Crippen LogP contribution in [0.5, 0.6) is 0 Å². The van der Waals surface area contributed by atoms with Crippen LogP contribution in [0.4, 0.5) is 11.5 Å². The van der Waals surface area contributed by atoms with Crippen molar-refractivity contribution in [2.45, 2.75) is 26.7 Å². The maximum Gasteiger partial charge on any atom is 0.230 e. The predicted octanol–water partition coefficient (Wildman–Crippen LogP) is 2.25. The number of rotatable bonds is 4.